The van der Waals surface area contributed by atoms with E-state index >= 15 is 0 Å². The minimum absolute atomic E-state index is 0.168. The van der Waals surface area contributed by atoms with Gasteiger partial charge in [0.25, 0.3) is 0 Å². The first-order chi connectivity index (χ1) is 9.22. The lowest BCUT2D eigenvalue weighted by Crippen LogP contribution is -2.32. The molecule has 0 saturated heterocycles. The highest BCUT2D eigenvalue weighted by Gasteiger charge is 2.24. The minimum atomic E-state index is 0.168. The molecule has 0 radical (unpaired) electrons. The Bertz CT molecular complexity index is 489. The second-order valence-electron chi connectivity index (χ2n) is 4.08. The van der Waals surface area contributed by atoms with Crippen LogP contribution in [-0.2, 0) is 0 Å². The second-order valence-corrected chi connectivity index (χ2v) is 4.47. The van der Waals surface area contributed by atoms with Crippen molar-refractivity contribution < 1.29 is 0 Å². The van der Waals surface area contributed by atoms with Gasteiger partial charge < -0.3 is 22.1 Å². The Morgan fingerprint density at radius 1 is 1.16 bits per heavy atom. The average molecular weight is 279 g/mol. The lowest BCUT2D eigenvalue weighted by molar-refractivity contribution is 0.637. The fourth-order valence-corrected chi connectivity index (χ4v) is 2.10. The second kappa shape index (κ2) is 6.62. The van der Waals surface area contributed by atoms with Gasteiger partial charge in [0.15, 0.2) is 5.84 Å². The summed E-state index contributed by atoms with van der Waals surface area (Å²) in [6.45, 7) is 3.86. The quantitative estimate of drug-likeness (QED) is 0.337. The van der Waals surface area contributed by atoms with Crippen LogP contribution in [0.1, 0.15) is 0 Å². The Kier molecular flexibility index (Phi) is 4.86. The van der Waals surface area contributed by atoms with E-state index in [4.69, 9.17) is 23.7 Å². The Hall–Kier alpha value is -1.48. The van der Waals surface area contributed by atoms with E-state index in [0.29, 0.717) is 23.9 Å². The largest absolute Gasteiger partial charge is 0.368 e. The molecular weight excluding hydrogens is 262 g/mol. The molecular formula is C11H17N7S. The molecule has 0 atom stereocenters. The number of amidine groups is 1. The van der Waals surface area contributed by atoms with Crippen molar-refractivity contribution in [2.75, 3.05) is 32.7 Å². The molecule has 102 valence electrons. The third kappa shape index (κ3) is 3.51. The van der Waals surface area contributed by atoms with E-state index in [9.17, 15) is 0 Å². The molecule has 6 N–H and O–H groups in total. The molecule has 2 aliphatic rings. The van der Waals surface area contributed by atoms with Crippen LogP contribution in [0.4, 0.5) is 0 Å². The summed E-state index contributed by atoms with van der Waals surface area (Å²) in [6, 6.07) is 0. The van der Waals surface area contributed by atoms with E-state index in [1.807, 2.05) is 0 Å². The number of nitrogens with one attached hydrogen (secondary N) is 2. The number of nitrogens with two attached hydrogens (primary N) is 2. The SMILES string of the molecule is NCCNCCNCC1=C2C(=S)N=C(N)N=C2N=C1. The van der Waals surface area contributed by atoms with Crippen molar-refractivity contribution in [2.24, 2.45) is 26.4 Å². The van der Waals surface area contributed by atoms with Gasteiger partial charge in [0.1, 0.15) is 4.99 Å². The molecule has 7 nitrogen and oxygen atoms in total. The van der Waals surface area contributed by atoms with Crippen LogP contribution in [0.5, 0.6) is 0 Å². The summed E-state index contributed by atoms with van der Waals surface area (Å²) in [5.74, 6) is 0.733. The van der Waals surface area contributed by atoms with Crippen LogP contribution in [0.25, 0.3) is 0 Å². The standard InChI is InChI=1S/C11H17N7S/c12-1-2-14-3-4-15-5-7-6-16-9-8(7)10(19)18-11(13)17-9/h6,14-15H,1-5,12H2,(H2,13,18,19). The van der Waals surface area contributed by atoms with E-state index < -0.39 is 0 Å². The normalized spacial score (nSPS) is 17.6. The molecule has 0 aromatic rings. The molecule has 2 heterocycles. The molecule has 0 saturated carbocycles. The van der Waals surface area contributed by atoms with E-state index in [0.717, 1.165) is 30.8 Å². The average Bonchev–Trinajstić information content (AvgIpc) is 2.77. The zero-order chi connectivity index (χ0) is 13.7. The Morgan fingerprint density at radius 2 is 1.95 bits per heavy atom. The van der Waals surface area contributed by atoms with Crippen molar-refractivity contribution in [2.45, 2.75) is 0 Å². The van der Waals surface area contributed by atoms with E-state index in [2.05, 4.69) is 25.6 Å². The van der Waals surface area contributed by atoms with Gasteiger partial charge in [-0.05, 0) is 5.57 Å². The number of hydrogen-bond acceptors (Lipinski definition) is 7. The number of hydrogen-bond donors (Lipinski definition) is 4. The maximum Gasteiger partial charge on any atom is 0.223 e. The molecule has 0 spiro atoms. The summed E-state index contributed by atoms with van der Waals surface area (Å²) in [6.07, 6.45) is 1.76. The Morgan fingerprint density at radius 3 is 2.74 bits per heavy atom. The first kappa shape index (κ1) is 13.9. The van der Waals surface area contributed by atoms with Gasteiger partial charge >= 0.3 is 0 Å². The third-order valence-corrected chi connectivity index (χ3v) is 2.95. The van der Waals surface area contributed by atoms with Gasteiger partial charge in [-0.25, -0.2) is 9.98 Å². The van der Waals surface area contributed by atoms with Crippen molar-refractivity contribution in [3.63, 3.8) is 0 Å². The van der Waals surface area contributed by atoms with Gasteiger partial charge in [0, 0.05) is 38.9 Å². The summed E-state index contributed by atoms with van der Waals surface area (Å²) >= 11 is 5.19. The van der Waals surface area contributed by atoms with Crippen LogP contribution in [0.3, 0.4) is 0 Å². The fourth-order valence-electron chi connectivity index (χ4n) is 1.78. The van der Waals surface area contributed by atoms with Crippen molar-refractivity contribution >= 4 is 35.2 Å². The van der Waals surface area contributed by atoms with Gasteiger partial charge in [-0.3, -0.25) is 0 Å². The summed E-state index contributed by atoms with van der Waals surface area (Å²) in [7, 11) is 0. The van der Waals surface area contributed by atoms with Crippen LogP contribution >= 0.6 is 12.2 Å². The fraction of sp³-hybridized carbons (Fsp3) is 0.455. The molecule has 2 aliphatic heterocycles. The van der Waals surface area contributed by atoms with Crippen molar-refractivity contribution in [1.82, 2.24) is 10.6 Å². The van der Waals surface area contributed by atoms with Crippen molar-refractivity contribution in [1.29, 1.82) is 0 Å². The Balaban J connectivity index is 1.86. The van der Waals surface area contributed by atoms with E-state index in [-0.39, 0.29) is 5.96 Å². The van der Waals surface area contributed by atoms with E-state index in [1.54, 1.807) is 6.21 Å². The lowest BCUT2D eigenvalue weighted by Gasteiger charge is -2.10. The van der Waals surface area contributed by atoms with E-state index in [1.165, 1.54) is 0 Å². The summed E-state index contributed by atoms with van der Waals surface area (Å²) in [5, 5.41) is 6.51. The zero-order valence-electron chi connectivity index (χ0n) is 10.5. The lowest BCUT2D eigenvalue weighted by atomic mass is 10.1. The predicted octanol–water partition coefficient (Wildman–Crippen LogP) is -1.44. The topological polar surface area (TPSA) is 113 Å². The molecule has 2 rings (SSSR count). The van der Waals surface area contributed by atoms with Crippen LogP contribution < -0.4 is 22.1 Å². The number of fused-ring (bicyclic) bond motifs is 1. The minimum Gasteiger partial charge on any atom is -0.368 e. The monoisotopic (exact) mass is 279 g/mol. The molecule has 8 heteroatoms. The number of guanidine groups is 1. The summed E-state index contributed by atoms with van der Waals surface area (Å²) < 4.78 is 0. The molecule has 0 fully saturated rings. The summed E-state index contributed by atoms with van der Waals surface area (Å²) in [5.41, 5.74) is 12.7. The zero-order valence-corrected chi connectivity index (χ0v) is 11.3. The number of thiocarbonyl (C=S) groups is 1. The van der Waals surface area contributed by atoms with Gasteiger partial charge in [-0.1, -0.05) is 12.2 Å². The molecule has 0 aliphatic carbocycles. The third-order valence-electron chi connectivity index (χ3n) is 2.65. The number of nitrogens with zero attached hydrogens (tertiary/aromatic N) is 3. The molecule has 0 unspecified atom stereocenters. The highest BCUT2D eigenvalue weighted by atomic mass is 32.1. The van der Waals surface area contributed by atoms with Crippen molar-refractivity contribution in [3.05, 3.63) is 11.1 Å². The molecule has 0 amide bonds. The summed E-state index contributed by atoms with van der Waals surface area (Å²) in [4.78, 5) is 12.7. The first-order valence-electron chi connectivity index (χ1n) is 6.08. The van der Waals surface area contributed by atoms with Crippen LogP contribution in [-0.4, -0.2) is 55.7 Å². The maximum absolute atomic E-state index is 5.54. The molecule has 0 bridgehead atoms. The number of rotatable bonds is 7. The predicted molar refractivity (Wildman–Crippen MR) is 82.0 cm³/mol. The maximum atomic E-state index is 5.54. The highest BCUT2D eigenvalue weighted by molar-refractivity contribution is 7.81. The van der Waals surface area contributed by atoms with Gasteiger partial charge in [-0.15, -0.1) is 0 Å². The Labute approximate surface area is 117 Å². The molecule has 0 aromatic heterocycles. The molecule has 0 aromatic carbocycles. The van der Waals surface area contributed by atoms with Crippen LogP contribution in [0, 0.1) is 0 Å². The van der Waals surface area contributed by atoms with Crippen LogP contribution in [0.2, 0.25) is 0 Å². The van der Waals surface area contributed by atoms with Crippen molar-refractivity contribution in [3.8, 4) is 0 Å². The van der Waals surface area contributed by atoms with Gasteiger partial charge in [0.05, 0.1) is 5.57 Å². The van der Waals surface area contributed by atoms with Crippen LogP contribution in [0.15, 0.2) is 26.1 Å². The van der Waals surface area contributed by atoms with Gasteiger partial charge in [-0.2, -0.15) is 4.99 Å². The highest BCUT2D eigenvalue weighted by Crippen LogP contribution is 2.18. The molecule has 19 heavy (non-hydrogen) atoms. The van der Waals surface area contributed by atoms with Gasteiger partial charge in [0.2, 0.25) is 5.96 Å². The number of aliphatic imine (C=N–C) groups is 3. The first-order valence-corrected chi connectivity index (χ1v) is 6.49. The smallest absolute Gasteiger partial charge is 0.223 e.